The van der Waals surface area contributed by atoms with Crippen molar-refractivity contribution < 1.29 is 9.18 Å². The van der Waals surface area contributed by atoms with Gasteiger partial charge in [-0.05, 0) is 41.7 Å². The second-order valence-electron chi connectivity index (χ2n) is 6.58. The molecule has 1 saturated carbocycles. The maximum absolute atomic E-state index is 14.0. The minimum atomic E-state index is -0.313. The standard InChI is InChI=1S/C22H19FN2O/c23-19-11-5-4-10-16(19)17-14-18(17)22(26)25-21(15-8-2-1-3-9-15)20-12-6-7-13-24-20/h1-13,17-18,21H,14H2,(H,25,26)/t17-,18+,21+/m1/s1. The smallest absolute Gasteiger partial charge is 0.224 e. The fraction of sp³-hybridized carbons (Fsp3) is 0.182. The second-order valence-corrected chi connectivity index (χ2v) is 6.58. The lowest BCUT2D eigenvalue weighted by Gasteiger charge is -2.19. The Hall–Kier alpha value is -3.01. The Bertz CT molecular complexity index is 859. The van der Waals surface area contributed by atoms with E-state index in [2.05, 4.69) is 10.3 Å². The van der Waals surface area contributed by atoms with E-state index in [4.69, 9.17) is 0 Å². The summed E-state index contributed by atoms with van der Waals surface area (Å²) in [5.74, 6) is -0.534. The molecule has 3 nitrogen and oxygen atoms in total. The number of nitrogens with zero attached hydrogens (tertiary/aromatic N) is 1. The topological polar surface area (TPSA) is 42.0 Å². The Kier molecular flexibility index (Phi) is 4.48. The van der Waals surface area contributed by atoms with Gasteiger partial charge >= 0.3 is 0 Å². The molecule has 2 aromatic carbocycles. The van der Waals surface area contributed by atoms with Gasteiger partial charge in [-0.15, -0.1) is 0 Å². The molecule has 0 unspecified atom stereocenters. The summed E-state index contributed by atoms with van der Waals surface area (Å²) in [6.45, 7) is 0. The van der Waals surface area contributed by atoms with Crippen LogP contribution in [0, 0.1) is 11.7 Å². The van der Waals surface area contributed by atoms with Crippen LogP contribution in [-0.4, -0.2) is 10.9 Å². The molecule has 1 aliphatic rings. The summed E-state index contributed by atoms with van der Waals surface area (Å²) >= 11 is 0. The summed E-state index contributed by atoms with van der Waals surface area (Å²) < 4.78 is 14.0. The summed E-state index contributed by atoms with van der Waals surface area (Å²) in [6.07, 6.45) is 2.40. The van der Waals surface area contributed by atoms with Gasteiger partial charge in [0.05, 0.1) is 11.7 Å². The number of amides is 1. The molecular formula is C22H19FN2O. The van der Waals surface area contributed by atoms with Gasteiger partial charge in [0.1, 0.15) is 5.82 Å². The first-order valence-corrected chi connectivity index (χ1v) is 8.74. The Morgan fingerprint density at radius 1 is 1.00 bits per heavy atom. The number of carbonyl (C=O) groups is 1. The number of hydrogen-bond acceptors (Lipinski definition) is 2. The fourth-order valence-electron chi connectivity index (χ4n) is 3.37. The number of nitrogens with one attached hydrogen (secondary N) is 1. The van der Waals surface area contributed by atoms with E-state index in [0.717, 1.165) is 11.3 Å². The van der Waals surface area contributed by atoms with Crippen molar-refractivity contribution in [3.8, 4) is 0 Å². The third-order valence-corrected chi connectivity index (χ3v) is 4.83. The predicted octanol–water partition coefficient (Wildman–Crippen LogP) is 4.23. The molecule has 1 N–H and O–H groups in total. The normalized spacial score (nSPS) is 19.6. The van der Waals surface area contributed by atoms with Crippen molar-refractivity contribution in [2.75, 3.05) is 0 Å². The summed E-state index contributed by atoms with van der Waals surface area (Å²) in [6, 6.07) is 21.8. The van der Waals surface area contributed by atoms with Crippen LogP contribution in [0.15, 0.2) is 79.0 Å². The van der Waals surface area contributed by atoms with Crippen molar-refractivity contribution in [2.24, 2.45) is 5.92 Å². The Labute approximate surface area is 151 Å². The van der Waals surface area contributed by atoms with Crippen LogP contribution in [0.3, 0.4) is 0 Å². The maximum atomic E-state index is 14.0. The molecule has 0 saturated heterocycles. The van der Waals surface area contributed by atoms with E-state index in [1.165, 1.54) is 6.07 Å². The van der Waals surface area contributed by atoms with Gasteiger partial charge in [0.2, 0.25) is 5.91 Å². The first kappa shape index (κ1) is 16.5. The molecule has 1 aromatic heterocycles. The molecule has 1 fully saturated rings. The lowest BCUT2D eigenvalue weighted by molar-refractivity contribution is -0.122. The van der Waals surface area contributed by atoms with Crippen LogP contribution in [0.1, 0.15) is 35.2 Å². The van der Waals surface area contributed by atoms with Gasteiger partial charge in [-0.25, -0.2) is 4.39 Å². The highest BCUT2D eigenvalue weighted by Gasteiger charge is 2.45. The first-order chi connectivity index (χ1) is 12.7. The molecule has 130 valence electrons. The summed E-state index contributed by atoms with van der Waals surface area (Å²) in [7, 11) is 0. The number of aromatic nitrogens is 1. The summed E-state index contributed by atoms with van der Waals surface area (Å²) in [5, 5.41) is 3.11. The van der Waals surface area contributed by atoms with Crippen LogP contribution >= 0.6 is 0 Å². The molecule has 1 amide bonds. The van der Waals surface area contributed by atoms with E-state index in [1.807, 2.05) is 54.6 Å². The molecule has 26 heavy (non-hydrogen) atoms. The van der Waals surface area contributed by atoms with Gasteiger partial charge < -0.3 is 5.32 Å². The number of carbonyl (C=O) groups excluding carboxylic acids is 1. The lowest BCUT2D eigenvalue weighted by Crippen LogP contribution is -2.31. The van der Waals surface area contributed by atoms with E-state index in [0.29, 0.717) is 12.0 Å². The monoisotopic (exact) mass is 346 g/mol. The molecule has 0 spiro atoms. The quantitative estimate of drug-likeness (QED) is 0.751. The largest absolute Gasteiger partial charge is 0.343 e. The highest BCUT2D eigenvalue weighted by atomic mass is 19.1. The zero-order valence-electron chi connectivity index (χ0n) is 14.2. The SMILES string of the molecule is O=C(N[C@@H](c1ccccc1)c1ccccn1)[C@H]1C[C@@H]1c1ccccc1F. The van der Waals surface area contributed by atoms with Crippen LogP contribution in [0.5, 0.6) is 0 Å². The zero-order chi connectivity index (χ0) is 17.9. The number of pyridine rings is 1. The molecule has 0 bridgehead atoms. The summed E-state index contributed by atoms with van der Waals surface area (Å²) in [5.41, 5.74) is 2.39. The number of halogens is 1. The van der Waals surface area contributed by atoms with Crippen LogP contribution < -0.4 is 5.32 Å². The highest BCUT2D eigenvalue weighted by Crippen LogP contribution is 2.48. The third-order valence-electron chi connectivity index (χ3n) is 4.83. The van der Waals surface area contributed by atoms with Crippen molar-refractivity contribution >= 4 is 5.91 Å². The molecule has 4 rings (SSSR count). The average Bonchev–Trinajstić information content (AvgIpc) is 3.48. The Balaban J connectivity index is 1.54. The highest BCUT2D eigenvalue weighted by molar-refractivity contribution is 5.83. The van der Waals surface area contributed by atoms with Crippen LogP contribution in [0.2, 0.25) is 0 Å². The summed E-state index contributed by atoms with van der Waals surface area (Å²) in [4.78, 5) is 17.2. The number of rotatable bonds is 5. The van der Waals surface area contributed by atoms with Crippen molar-refractivity contribution in [3.63, 3.8) is 0 Å². The molecule has 0 radical (unpaired) electrons. The van der Waals surface area contributed by atoms with Crippen LogP contribution in [0.4, 0.5) is 4.39 Å². The minimum Gasteiger partial charge on any atom is -0.343 e. The van der Waals surface area contributed by atoms with Gasteiger partial charge in [-0.2, -0.15) is 0 Å². The van der Waals surface area contributed by atoms with Crippen molar-refractivity contribution in [2.45, 2.75) is 18.4 Å². The first-order valence-electron chi connectivity index (χ1n) is 8.74. The molecule has 3 atom stereocenters. The lowest BCUT2D eigenvalue weighted by atomic mass is 10.0. The molecule has 1 heterocycles. The average molecular weight is 346 g/mol. The third kappa shape index (κ3) is 3.36. The van der Waals surface area contributed by atoms with E-state index in [9.17, 15) is 9.18 Å². The van der Waals surface area contributed by atoms with Crippen LogP contribution in [0.25, 0.3) is 0 Å². The molecule has 3 aromatic rings. The molecular weight excluding hydrogens is 327 g/mol. The van der Waals surface area contributed by atoms with E-state index in [-0.39, 0.29) is 29.6 Å². The van der Waals surface area contributed by atoms with Gasteiger partial charge in [0.25, 0.3) is 0 Å². The molecule has 4 heteroatoms. The van der Waals surface area contributed by atoms with Gasteiger partial charge in [0.15, 0.2) is 0 Å². The van der Waals surface area contributed by atoms with Crippen molar-refractivity contribution in [1.82, 2.24) is 10.3 Å². The van der Waals surface area contributed by atoms with Crippen molar-refractivity contribution in [3.05, 3.63) is 102 Å². The molecule has 0 aliphatic heterocycles. The van der Waals surface area contributed by atoms with Gasteiger partial charge in [-0.1, -0.05) is 54.6 Å². The van der Waals surface area contributed by atoms with Gasteiger partial charge in [0, 0.05) is 12.1 Å². The Morgan fingerprint density at radius 2 is 1.73 bits per heavy atom. The van der Waals surface area contributed by atoms with Crippen molar-refractivity contribution in [1.29, 1.82) is 0 Å². The fourth-order valence-corrected chi connectivity index (χ4v) is 3.37. The maximum Gasteiger partial charge on any atom is 0.224 e. The molecule has 1 aliphatic carbocycles. The zero-order valence-corrected chi connectivity index (χ0v) is 14.2. The Morgan fingerprint density at radius 3 is 2.46 bits per heavy atom. The van der Waals surface area contributed by atoms with Gasteiger partial charge in [-0.3, -0.25) is 9.78 Å². The second kappa shape index (κ2) is 7.08. The number of benzene rings is 2. The van der Waals surface area contributed by atoms with E-state index >= 15 is 0 Å². The van der Waals surface area contributed by atoms with E-state index in [1.54, 1.807) is 18.3 Å². The predicted molar refractivity (Wildman–Crippen MR) is 97.9 cm³/mol. The van der Waals surface area contributed by atoms with E-state index < -0.39 is 0 Å². The van der Waals surface area contributed by atoms with Crippen LogP contribution in [-0.2, 0) is 4.79 Å². The number of hydrogen-bond donors (Lipinski definition) is 1. The minimum absolute atomic E-state index is 0.0450.